The molecule has 2 fully saturated rings. The molecule has 29 heavy (non-hydrogen) atoms. The van der Waals surface area contributed by atoms with Gasteiger partial charge in [0.25, 0.3) is 5.91 Å². The van der Waals surface area contributed by atoms with Crippen LogP contribution in [0.25, 0.3) is 0 Å². The van der Waals surface area contributed by atoms with Crippen LogP contribution in [0.3, 0.4) is 0 Å². The van der Waals surface area contributed by atoms with E-state index in [0.717, 1.165) is 16.2 Å². The van der Waals surface area contributed by atoms with Gasteiger partial charge in [0, 0.05) is 12.4 Å². The Morgan fingerprint density at radius 2 is 1.62 bits per heavy atom. The lowest BCUT2D eigenvalue weighted by molar-refractivity contribution is -0.126. The molecule has 7 heteroatoms. The standard InChI is InChI=1S/C22H16FN3O3/c23-15-8-10-16(11-9-15)25-21(27)18-19(14-5-4-12-24-13-14)26(29-20(18)22(25)28)17-6-2-1-3-7-17/h1-13,18-20H/t18-,19+,20-/m1/s1. The Morgan fingerprint density at radius 1 is 0.862 bits per heavy atom. The summed E-state index contributed by atoms with van der Waals surface area (Å²) in [7, 11) is 0. The van der Waals surface area contributed by atoms with Gasteiger partial charge in [0.2, 0.25) is 5.91 Å². The summed E-state index contributed by atoms with van der Waals surface area (Å²) in [5.41, 5.74) is 1.84. The van der Waals surface area contributed by atoms with Crippen LogP contribution in [0.15, 0.2) is 79.1 Å². The quantitative estimate of drug-likeness (QED) is 0.644. The van der Waals surface area contributed by atoms with E-state index in [9.17, 15) is 14.0 Å². The van der Waals surface area contributed by atoms with Crippen LogP contribution in [-0.2, 0) is 14.4 Å². The number of para-hydroxylation sites is 1. The first kappa shape index (κ1) is 17.5. The molecule has 2 aliphatic heterocycles. The summed E-state index contributed by atoms with van der Waals surface area (Å²) in [5.74, 6) is -2.01. The number of anilines is 2. The predicted molar refractivity (Wildman–Crippen MR) is 103 cm³/mol. The van der Waals surface area contributed by atoms with Crippen molar-refractivity contribution < 1.29 is 18.8 Å². The Bertz CT molecular complexity index is 1060. The molecule has 2 saturated heterocycles. The second-order valence-corrected chi connectivity index (χ2v) is 6.93. The molecule has 0 spiro atoms. The lowest BCUT2D eigenvalue weighted by atomic mass is 9.91. The zero-order chi connectivity index (χ0) is 20.0. The Hall–Kier alpha value is -3.58. The zero-order valence-electron chi connectivity index (χ0n) is 15.2. The zero-order valence-corrected chi connectivity index (χ0v) is 15.2. The van der Waals surface area contributed by atoms with Gasteiger partial charge in [0.1, 0.15) is 11.7 Å². The van der Waals surface area contributed by atoms with Crippen LogP contribution in [0.5, 0.6) is 0 Å². The van der Waals surface area contributed by atoms with Gasteiger partial charge in [-0.3, -0.25) is 19.4 Å². The molecular formula is C22H16FN3O3. The summed E-state index contributed by atoms with van der Waals surface area (Å²) in [6.07, 6.45) is 2.36. The fraction of sp³-hybridized carbons (Fsp3) is 0.136. The number of fused-ring (bicyclic) bond motifs is 1. The molecule has 2 amide bonds. The molecule has 5 rings (SSSR count). The third kappa shape index (κ3) is 2.78. The summed E-state index contributed by atoms with van der Waals surface area (Å²) < 4.78 is 13.3. The fourth-order valence-electron chi connectivity index (χ4n) is 3.95. The molecule has 3 heterocycles. The lowest BCUT2D eigenvalue weighted by Gasteiger charge is -2.28. The van der Waals surface area contributed by atoms with Crippen molar-refractivity contribution in [2.45, 2.75) is 12.1 Å². The highest BCUT2D eigenvalue weighted by atomic mass is 19.1. The monoisotopic (exact) mass is 389 g/mol. The summed E-state index contributed by atoms with van der Waals surface area (Å²) >= 11 is 0. The average Bonchev–Trinajstić information content (AvgIpc) is 3.27. The Morgan fingerprint density at radius 3 is 2.31 bits per heavy atom. The lowest BCUT2D eigenvalue weighted by Crippen LogP contribution is -2.37. The molecule has 1 aromatic heterocycles. The molecule has 0 saturated carbocycles. The van der Waals surface area contributed by atoms with Gasteiger partial charge >= 0.3 is 0 Å². The van der Waals surface area contributed by atoms with Crippen molar-refractivity contribution in [3.8, 4) is 0 Å². The number of aromatic nitrogens is 1. The number of hydrogen-bond donors (Lipinski definition) is 0. The van der Waals surface area contributed by atoms with Gasteiger partial charge < -0.3 is 0 Å². The number of hydrogen-bond acceptors (Lipinski definition) is 5. The highest BCUT2D eigenvalue weighted by Crippen LogP contribution is 2.47. The Labute approximate surface area is 166 Å². The molecule has 3 aromatic rings. The van der Waals surface area contributed by atoms with Crippen LogP contribution in [0.4, 0.5) is 15.8 Å². The number of benzene rings is 2. The Balaban J connectivity index is 1.58. The average molecular weight is 389 g/mol. The highest BCUT2D eigenvalue weighted by Gasteiger charge is 2.60. The van der Waals surface area contributed by atoms with Crippen molar-refractivity contribution in [2.24, 2.45) is 5.92 Å². The van der Waals surface area contributed by atoms with Crippen LogP contribution in [0.1, 0.15) is 11.6 Å². The molecule has 144 valence electrons. The van der Waals surface area contributed by atoms with Gasteiger partial charge in [-0.15, -0.1) is 0 Å². The molecule has 0 bridgehead atoms. The van der Waals surface area contributed by atoms with E-state index < -0.39 is 29.8 Å². The second kappa shape index (κ2) is 6.79. The highest BCUT2D eigenvalue weighted by molar-refractivity contribution is 6.23. The van der Waals surface area contributed by atoms with Crippen molar-refractivity contribution in [3.05, 3.63) is 90.5 Å². The fourth-order valence-corrected chi connectivity index (χ4v) is 3.95. The van der Waals surface area contributed by atoms with Crippen molar-refractivity contribution >= 4 is 23.2 Å². The molecule has 6 nitrogen and oxygen atoms in total. The number of imide groups is 1. The molecule has 0 radical (unpaired) electrons. The van der Waals surface area contributed by atoms with Gasteiger partial charge in [0.05, 0.1) is 17.4 Å². The molecule has 2 aliphatic rings. The first-order valence-corrected chi connectivity index (χ1v) is 9.19. The number of nitrogens with zero attached hydrogens (tertiary/aromatic N) is 3. The van der Waals surface area contributed by atoms with Crippen LogP contribution < -0.4 is 9.96 Å². The summed E-state index contributed by atoms with van der Waals surface area (Å²) in [5, 5.41) is 1.62. The number of amides is 2. The Kier molecular flexibility index (Phi) is 4.10. The molecule has 3 atom stereocenters. The van der Waals surface area contributed by atoms with E-state index in [1.165, 1.54) is 24.3 Å². The molecule has 0 N–H and O–H groups in total. The van der Waals surface area contributed by atoms with E-state index in [-0.39, 0.29) is 5.91 Å². The number of halogens is 1. The van der Waals surface area contributed by atoms with E-state index in [4.69, 9.17) is 4.84 Å². The summed E-state index contributed by atoms with van der Waals surface area (Å²) in [6.45, 7) is 0. The normalized spacial score (nSPS) is 23.6. The van der Waals surface area contributed by atoms with Gasteiger partial charge in [-0.2, -0.15) is 0 Å². The van der Waals surface area contributed by atoms with Crippen LogP contribution >= 0.6 is 0 Å². The molecule has 2 aromatic carbocycles. The van der Waals surface area contributed by atoms with Crippen LogP contribution in [0, 0.1) is 11.7 Å². The van der Waals surface area contributed by atoms with Crippen molar-refractivity contribution in [1.82, 2.24) is 4.98 Å². The summed E-state index contributed by atoms with van der Waals surface area (Å²) in [6, 6.07) is 17.7. The first-order valence-electron chi connectivity index (χ1n) is 9.19. The maximum absolute atomic E-state index is 13.3. The van der Waals surface area contributed by atoms with E-state index >= 15 is 0 Å². The van der Waals surface area contributed by atoms with E-state index in [1.54, 1.807) is 23.5 Å². The SMILES string of the molecule is O=C1[C@H]2[C@@H](ON(c3ccccc3)[C@H]2c2cccnc2)C(=O)N1c1ccc(F)cc1. The maximum atomic E-state index is 13.3. The largest absolute Gasteiger partial charge is 0.273 e. The van der Waals surface area contributed by atoms with E-state index in [0.29, 0.717) is 5.69 Å². The van der Waals surface area contributed by atoms with Crippen molar-refractivity contribution in [1.29, 1.82) is 0 Å². The van der Waals surface area contributed by atoms with Crippen LogP contribution in [-0.4, -0.2) is 22.9 Å². The number of pyridine rings is 1. The van der Waals surface area contributed by atoms with Gasteiger partial charge in [0.15, 0.2) is 6.10 Å². The molecular weight excluding hydrogens is 373 g/mol. The van der Waals surface area contributed by atoms with Gasteiger partial charge in [-0.05, 0) is 48.0 Å². The minimum atomic E-state index is -0.960. The number of carbonyl (C=O) groups excluding carboxylic acids is 2. The van der Waals surface area contributed by atoms with E-state index in [1.807, 2.05) is 36.4 Å². The smallest absolute Gasteiger partial charge is 0.266 e. The number of hydroxylamine groups is 1. The third-order valence-electron chi connectivity index (χ3n) is 5.24. The van der Waals surface area contributed by atoms with Gasteiger partial charge in [-0.1, -0.05) is 24.3 Å². The van der Waals surface area contributed by atoms with Crippen molar-refractivity contribution in [3.63, 3.8) is 0 Å². The molecule has 0 aliphatic carbocycles. The first-order chi connectivity index (χ1) is 14.1. The molecule has 0 unspecified atom stereocenters. The van der Waals surface area contributed by atoms with E-state index in [2.05, 4.69) is 4.98 Å². The van der Waals surface area contributed by atoms with Crippen molar-refractivity contribution in [2.75, 3.05) is 9.96 Å². The van der Waals surface area contributed by atoms with Crippen LogP contribution in [0.2, 0.25) is 0 Å². The second-order valence-electron chi connectivity index (χ2n) is 6.93. The number of rotatable bonds is 3. The number of carbonyl (C=O) groups is 2. The predicted octanol–water partition coefficient (Wildman–Crippen LogP) is 3.27. The maximum Gasteiger partial charge on any atom is 0.266 e. The summed E-state index contributed by atoms with van der Waals surface area (Å²) in [4.78, 5) is 37.7. The minimum Gasteiger partial charge on any atom is -0.273 e. The minimum absolute atomic E-state index is 0.329. The van der Waals surface area contributed by atoms with Gasteiger partial charge in [-0.25, -0.2) is 14.4 Å². The third-order valence-corrected chi connectivity index (χ3v) is 5.24. The topological polar surface area (TPSA) is 62.7 Å².